The molecule has 2 rings (SSSR count). The van der Waals surface area contributed by atoms with Crippen LogP contribution in [0.4, 0.5) is 0 Å². The molecule has 0 spiro atoms. The molecule has 1 aliphatic rings. The van der Waals surface area contributed by atoms with Gasteiger partial charge < -0.3 is 9.47 Å². The average Bonchev–Trinajstić information content (AvgIpc) is 2.83. The lowest BCUT2D eigenvalue weighted by molar-refractivity contribution is -0.116. The van der Waals surface area contributed by atoms with Gasteiger partial charge in [-0.05, 0) is 38.7 Å². The van der Waals surface area contributed by atoms with E-state index in [0.29, 0.717) is 6.42 Å². The van der Waals surface area contributed by atoms with Crippen molar-refractivity contribution in [3.8, 4) is 11.5 Å². The molecule has 0 saturated heterocycles. The van der Waals surface area contributed by atoms with Crippen molar-refractivity contribution >= 4 is 5.78 Å². The van der Waals surface area contributed by atoms with E-state index in [4.69, 9.17) is 9.47 Å². The first kappa shape index (κ1) is 12.9. The number of Topliss-reactive ketones (excluding diaryl/α,β-unsaturated/α-hetero) is 1. The monoisotopic (exact) mass is 248 g/mol. The molecule has 1 fully saturated rings. The first-order chi connectivity index (χ1) is 8.70. The maximum absolute atomic E-state index is 11.3. The van der Waals surface area contributed by atoms with E-state index in [0.717, 1.165) is 29.9 Å². The van der Waals surface area contributed by atoms with Gasteiger partial charge in [0.1, 0.15) is 5.78 Å². The highest BCUT2D eigenvalue weighted by Crippen LogP contribution is 2.35. The zero-order chi connectivity index (χ0) is 13.0. The smallest absolute Gasteiger partial charge is 0.165 e. The summed E-state index contributed by atoms with van der Waals surface area (Å²) in [4.78, 5) is 11.3. The predicted octanol–water partition coefficient (Wildman–Crippen LogP) is 3.15. The van der Waals surface area contributed by atoms with Gasteiger partial charge in [0.15, 0.2) is 11.5 Å². The van der Waals surface area contributed by atoms with E-state index >= 15 is 0 Å². The molecule has 0 amide bonds. The molecular weight excluding hydrogens is 228 g/mol. The van der Waals surface area contributed by atoms with Crippen molar-refractivity contribution in [2.24, 2.45) is 0 Å². The zero-order valence-corrected chi connectivity index (χ0v) is 11.1. The fraction of sp³-hybridized carbons (Fsp3) is 0.533. The Morgan fingerprint density at radius 1 is 1.33 bits per heavy atom. The molecule has 18 heavy (non-hydrogen) atoms. The third-order valence-corrected chi connectivity index (χ3v) is 3.31. The van der Waals surface area contributed by atoms with Gasteiger partial charge in [0.05, 0.1) is 13.2 Å². The molecule has 1 aliphatic carbocycles. The SMILES string of the molecule is COc1cccc(CC(C)=O)c1OC1CCCC1. The minimum absolute atomic E-state index is 0.138. The highest BCUT2D eigenvalue weighted by atomic mass is 16.5. The maximum Gasteiger partial charge on any atom is 0.165 e. The first-order valence-electron chi connectivity index (χ1n) is 6.52. The van der Waals surface area contributed by atoms with Gasteiger partial charge in [-0.15, -0.1) is 0 Å². The highest BCUT2D eigenvalue weighted by Gasteiger charge is 2.20. The van der Waals surface area contributed by atoms with Crippen LogP contribution in [-0.4, -0.2) is 19.0 Å². The number of rotatable bonds is 5. The molecule has 1 aromatic rings. The van der Waals surface area contributed by atoms with Crippen LogP contribution in [0, 0.1) is 0 Å². The van der Waals surface area contributed by atoms with Gasteiger partial charge in [0.25, 0.3) is 0 Å². The van der Waals surface area contributed by atoms with Gasteiger partial charge in [0.2, 0.25) is 0 Å². The molecule has 0 aliphatic heterocycles. The highest BCUT2D eigenvalue weighted by molar-refractivity contribution is 5.79. The second-order valence-electron chi connectivity index (χ2n) is 4.85. The standard InChI is InChI=1S/C15H20O3/c1-11(16)10-12-6-5-9-14(17-2)15(12)18-13-7-3-4-8-13/h5-6,9,13H,3-4,7-8,10H2,1-2H3. The molecular formula is C15H20O3. The third kappa shape index (κ3) is 3.03. The van der Waals surface area contributed by atoms with Crippen molar-refractivity contribution in [1.29, 1.82) is 0 Å². The quantitative estimate of drug-likeness (QED) is 0.803. The number of hydrogen-bond donors (Lipinski definition) is 0. The Bertz CT molecular complexity index is 420. The van der Waals surface area contributed by atoms with E-state index < -0.39 is 0 Å². The predicted molar refractivity (Wildman–Crippen MR) is 70.3 cm³/mol. The van der Waals surface area contributed by atoms with E-state index in [1.807, 2.05) is 18.2 Å². The summed E-state index contributed by atoms with van der Waals surface area (Å²) in [5.41, 5.74) is 0.925. The van der Waals surface area contributed by atoms with E-state index in [-0.39, 0.29) is 11.9 Å². The molecule has 3 nitrogen and oxygen atoms in total. The number of methoxy groups -OCH3 is 1. The molecule has 0 bridgehead atoms. The second-order valence-corrected chi connectivity index (χ2v) is 4.85. The fourth-order valence-corrected chi connectivity index (χ4v) is 2.44. The topological polar surface area (TPSA) is 35.5 Å². The third-order valence-electron chi connectivity index (χ3n) is 3.31. The Morgan fingerprint density at radius 3 is 2.67 bits per heavy atom. The van der Waals surface area contributed by atoms with Crippen molar-refractivity contribution in [1.82, 2.24) is 0 Å². The van der Waals surface area contributed by atoms with Crippen LogP contribution >= 0.6 is 0 Å². The molecule has 1 aromatic carbocycles. The Hall–Kier alpha value is -1.51. The summed E-state index contributed by atoms with van der Waals surface area (Å²) < 4.78 is 11.4. The van der Waals surface area contributed by atoms with Gasteiger partial charge in [-0.25, -0.2) is 0 Å². The van der Waals surface area contributed by atoms with Crippen LogP contribution < -0.4 is 9.47 Å². The molecule has 0 atom stereocenters. The summed E-state index contributed by atoms with van der Waals surface area (Å²) in [6.07, 6.45) is 5.31. The van der Waals surface area contributed by atoms with Gasteiger partial charge in [-0.2, -0.15) is 0 Å². The Morgan fingerprint density at radius 2 is 2.06 bits per heavy atom. The number of carbonyl (C=O) groups is 1. The zero-order valence-electron chi connectivity index (χ0n) is 11.1. The molecule has 0 radical (unpaired) electrons. The Labute approximate surface area is 108 Å². The summed E-state index contributed by atoms with van der Waals surface area (Å²) in [5, 5.41) is 0. The van der Waals surface area contributed by atoms with Crippen LogP contribution in [0.1, 0.15) is 38.2 Å². The minimum Gasteiger partial charge on any atom is -0.493 e. The van der Waals surface area contributed by atoms with Crippen LogP contribution in [0.25, 0.3) is 0 Å². The van der Waals surface area contributed by atoms with Crippen LogP contribution in [0.2, 0.25) is 0 Å². The number of para-hydroxylation sites is 1. The lowest BCUT2D eigenvalue weighted by Gasteiger charge is -2.18. The van der Waals surface area contributed by atoms with Gasteiger partial charge >= 0.3 is 0 Å². The largest absolute Gasteiger partial charge is 0.493 e. The molecule has 98 valence electrons. The number of ether oxygens (including phenoxy) is 2. The summed E-state index contributed by atoms with van der Waals surface area (Å²) in [5.74, 6) is 1.61. The van der Waals surface area contributed by atoms with E-state index in [9.17, 15) is 4.79 Å². The maximum atomic E-state index is 11.3. The van der Waals surface area contributed by atoms with Crippen LogP contribution in [-0.2, 0) is 11.2 Å². The molecule has 0 unspecified atom stereocenters. The van der Waals surface area contributed by atoms with Crippen LogP contribution in [0.3, 0.4) is 0 Å². The van der Waals surface area contributed by atoms with E-state index in [1.54, 1.807) is 14.0 Å². The van der Waals surface area contributed by atoms with Crippen molar-refractivity contribution < 1.29 is 14.3 Å². The van der Waals surface area contributed by atoms with Crippen molar-refractivity contribution in [3.05, 3.63) is 23.8 Å². The molecule has 1 saturated carbocycles. The lowest BCUT2D eigenvalue weighted by atomic mass is 10.1. The van der Waals surface area contributed by atoms with Crippen molar-refractivity contribution in [2.45, 2.75) is 45.1 Å². The second kappa shape index (κ2) is 5.89. The van der Waals surface area contributed by atoms with E-state index in [1.165, 1.54) is 12.8 Å². The Kier molecular flexibility index (Phi) is 4.24. The normalized spacial score (nSPS) is 15.7. The summed E-state index contributed by atoms with van der Waals surface area (Å²) in [7, 11) is 1.63. The number of benzene rings is 1. The van der Waals surface area contributed by atoms with Crippen LogP contribution in [0.5, 0.6) is 11.5 Å². The molecule has 0 heterocycles. The molecule has 0 aromatic heterocycles. The summed E-state index contributed by atoms with van der Waals surface area (Å²) in [6, 6.07) is 5.72. The molecule has 0 N–H and O–H groups in total. The van der Waals surface area contributed by atoms with Gasteiger partial charge in [-0.1, -0.05) is 12.1 Å². The molecule has 3 heteroatoms. The minimum atomic E-state index is 0.138. The van der Waals surface area contributed by atoms with Crippen molar-refractivity contribution in [3.63, 3.8) is 0 Å². The van der Waals surface area contributed by atoms with E-state index in [2.05, 4.69) is 0 Å². The number of ketones is 1. The van der Waals surface area contributed by atoms with Gasteiger partial charge in [0, 0.05) is 12.0 Å². The van der Waals surface area contributed by atoms with Gasteiger partial charge in [-0.3, -0.25) is 4.79 Å². The first-order valence-corrected chi connectivity index (χ1v) is 6.52. The average molecular weight is 248 g/mol. The number of carbonyl (C=O) groups excluding carboxylic acids is 1. The van der Waals surface area contributed by atoms with Crippen LogP contribution in [0.15, 0.2) is 18.2 Å². The lowest BCUT2D eigenvalue weighted by Crippen LogP contribution is -2.13. The number of hydrogen-bond acceptors (Lipinski definition) is 3. The summed E-state index contributed by atoms with van der Waals surface area (Å²) in [6.45, 7) is 1.60. The fourth-order valence-electron chi connectivity index (χ4n) is 2.44. The Balaban J connectivity index is 2.24. The summed E-state index contributed by atoms with van der Waals surface area (Å²) >= 11 is 0. The van der Waals surface area contributed by atoms with Crippen molar-refractivity contribution in [2.75, 3.05) is 7.11 Å².